The highest BCUT2D eigenvalue weighted by molar-refractivity contribution is 7.93. The van der Waals surface area contributed by atoms with Crippen molar-refractivity contribution in [2.24, 2.45) is 0 Å². The number of rotatable bonds is 10. The molecule has 33 heavy (non-hydrogen) atoms. The molecular formula is C20H25ClN6O5S. The van der Waals surface area contributed by atoms with Crippen molar-refractivity contribution >= 4 is 27.6 Å². The van der Waals surface area contributed by atoms with Crippen molar-refractivity contribution in [2.75, 3.05) is 25.5 Å². The quantitative estimate of drug-likeness (QED) is 0.449. The van der Waals surface area contributed by atoms with Gasteiger partial charge in [0.25, 0.3) is 0 Å². The minimum atomic E-state index is -4.00. The van der Waals surface area contributed by atoms with E-state index in [0.717, 1.165) is 12.8 Å². The largest absolute Gasteiger partial charge is 0.458 e. The lowest BCUT2D eigenvalue weighted by Crippen LogP contribution is -2.35. The number of ether oxygens (including phenoxy) is 2. The molecule has 3 aromatic heterocycles. The predicted molar refractivity (Wildman–Crippen MR) is 120 cm³/mol. The molecule has 1 fully saturated rings. The van der Waals surface area contributed by atoms with Crippen LogP contribution in [-0.2, 0) is 25.0 Å². The number of sulfonamides is 1. The van der Waals surface area contributed by atoms with Crippen LogP contribution in [0.25, 0.3) is 11.6 Å². The fourth-order valence-corrected chi connectivity index (χ4v) is 4.95. The molecule has 0 radical (unpaired) electrons. The van der Waals surface area contributed by atoms with E-state index in [2.05, 4.69) is 24.9 Å². The maximum Gasteiger partial charge on any atom is 0.240 e. The monoisotopic (exact) mass is 496 g/mol. The van der Waals surface area contributed by atoms with Gasteiger partial charge in [-0.1, -0.05) is 11.6 Å². The number of halogens is 1. The van der Waals surface area contributed by atoms with Crippen LogP contribution in [0.15, 0.2) is 28.9 Å². The van der Waals surface area contributed by atoms with Gasteiger partial charge in [0.05, 0.1) is 17.2 Å². The van der Waals surface area contributed by atoms with E-state index in [1.165, 1.54) is 26.4 Å². The highest BCUT2D eigenvalue weighted by Crippen LogP contribution is 2.48. The lowest BCUT2D eigenvalue weighted by atomic mass is 10.2. The summed E-state index contributed by atoms with van der Waals surface area (Å²) in [5, 5.41) is 7.66. The van der Waals surface area contributed by atoms with Crippen molar-refractivity contribution in [1.29, 1.82) is 0 Å². The molecule has 1 N–H and O–H groups in total. The molecule has 2 atom stereocenters. The Balaban J connectivity index is 1.69. The fourth-order valence-electron chi connectivity index (χ4n) is 3.72. The molecule has 0 saturated heterocycles. The fraction of sp³-hybridized carbons (Fsp3) is 0.500. The van der Waals surface area contributed by atoms with Gasteiger partial charge < -0.3 is 13.9 Å². The molecule has 1 aliphatic rings. The average Bonchev–Trinajstić information content (AvgIpc) is 3.21. The molecule has 1 saturated carbocycles. The Morgan fingerprint density at radius 2 is 1.94 bits per heavy atom. The number of hydrogen-bond donors (Lipinski definition) is 1. The number of anilines is 1. The van der Waals surface area contributed by atoms with Crippen LogP contribution < -0.4 is 4.72 Å². The number of nitrogens with zero attached hydrogens (tertiary/aromatic N) is 5. The van der Waals surface area contributed by atoms with Crippen molar-refractivity contribution in [3.8, 4) is 11.6 Å². The molecule has 3 aromatic rings. The molecule has 0 amide bonds. The van der Waals surface area contributed by atoms with E-state index in [-0.39, 0.29) is 11.8 Å². The number of methoxy groups -OCH3 is 2. The summed E-state index contributed by atoms with van der Waals surface area (Å²) in [6, 6.07) is 3.59. The molecule has 11 nitrogen and oxygen atoms in total. The zero-order valence-electron chi connectivity index (χ0n) is 18.6. The Kier molecular flexibility index (Phi) is 6.45. The van der Waals surface area contributed by atoms with Gasteiger partial charge >= 0.3 is 0 Å². The van der Waals surface area contributed by atoms with Gasteiger partial charge in [-0.2, -0.15) is 0 Å². The Bertz CT molecular complexity index is 1220. The number of hydrogen-bond acceptors (Lipinski definition) is 9. The van der Waals surface area contributed by atoms with E-state index in [1.54, 1.807) is 17.7 Å². The minimum Gasteiger partial charge on any atom is -0.458 e. The number of aryl methyl sites for hydroxylation is 1. The molecule has 0 bridgehead atoms. The zero-order chi connectivity index (χ0) is 23.8. The normalized spacial score (nSPS) is 17.0. The molecular weight excluding hydrogens is 472 g/mol. The van der Waals surface area contributed by atoms with Crippen LogP contribution in [0.1, 0.15) is 37.5 Å². The first-order valence-corrected chi connectivity index (χ1v) is 12.2. The van der Waals surface area contributed by atoms with Crippen LogP contribution in [0.3, 0.4) is 0 Å². The first-order valence-electron chi connectivity index (χ1n) is 10.2. The number of nitrogens with one attached hydrogen (secondary N) is 1. The van der Waals surface area contributed by atoms with E-state index < -0.39 is 26.9 Å². The van der Waals surface area contributed by atoms with Crippen LogP contribution in [0.4, 0.5) is 5.95 Å². The zero-order valence-corrected chi connectivity index (χ0v) is 20.2. The van der Waals surface area contributed by atoms with Gasteiger partial charge in [-0.25, -0.2) is 18.4 Å². The summed E-state index contributed by atoms with van der Waals surface area (Å²) in [5.74, 6) is 1.90. The first-order chi connectivity index (χ1) is 15.7. The summed E-state index contributed by atoms with van der Waals surface area (Å²) < 4.78 is 47.6. The summed E-state index contributed by atoms with van der Waals surface area (Å²) >= 11 is 5.85. The van der Waals surface area contributed by atoms with Gasteiger partial charge in [-0.3, -0.25) is 9.29 Å². The highest BCUT2D eigenvalue weighted by atomic mass is 35.5. The summed E-state index contributed by atoms with van der Waals surface area (Å²) in [7, 11) is -1.00. The topological polar surface area (TPSA) is 134 Å². The van der Waals surface area contributed by atoms with Gasteiger partial charge in [-0.15, -0.1) is 10.2 Å². The van der Waals surface area contributed by atoms with E-state index >= 15 is 0 Å². The van der Waals surface area contributed by atoms with Crippen LogP contribution in [0.2, 0.25) is 5.02 Å². The lowest BCUT2D eigenvalue weighted by molar-refractivity contribution is 0.0950. The second-order valence-electron chi connectivity index (χ2n) is 8.02. The first kappa shape index (κ1) is 23.6. The highest BCUT2D eigenvalue weighted by Gasteiger charge is 2.49. The molecule has 4 rings (SSSR count). The standard InChI is InChI=1S/C20H25ClN6O5S/c1-12-5-6-15(32-12)18-24-25-19(27(18)20(7-8-20)11-30-3)26-33(28,29)13(2)16(31-4)17-22-9-14(21)10-23-17/h5-6,9-10,13,16H,7-8,11H2,1-4H3,(H,25,26). The van der Waals surface area contributed by atoms with Gasteiger partial charge in [0.2, 0.25) is 21.8 Å². The van der Waals surface area contributed by atoms with Crippen molar-refractivity contribution in [2.45, 2.75) is 43.6 Å². The summed E-state index contributed by atoms with van der Waals surface area (Å²) in [5.41, 5.74) is -0.463. The summed E-state index contributed by atoms with van der Waals surface area (Å²) in [4.78, 5) is 8.21. The third-order valence-corrected chi connectivity index (χ3v) is 7.52. The van der Waals surface area contributed by atoms with E-state index in [1.807, 2.05) is 13.0 Å². The van der Waals surface area contributed by atoms with Crippen LogP contribution in [0, 0.1) is 6.92 Å². The van der Waals surface area contributed by atoms with Crippen LogP contribution in [0.5, 0.6) is 0 Å². The van der Waals surface area contributed by atoms with Crippen molar-refractivity contribution in [3.05, 3.63) is 41.1 Å². The maximum absolute atomic E-state index is 13.3. The molecule has 0 aromatic carbocycles. The van der Waals surface area contributed by atoms with Gasteiger partial charge in [-0.05, 0) is 38.8 Å². The SMILES string of the molecule is COCC1(n2c(NS(=O)(=O)C(C)C(OC)c3ncc(Cl)cn3)nnc2-c2ccc(C)o2)CC1. The van der Waals surface area contributed by atoms with Crippen LogP contribution in [-0.4, -0.2) is 59.2 Å². The van der Waals surface area contributed by atoms with Gasteiger partial charge in [0, 0.05) is 26.6 Å². The Morgan fingerprint density at radius 3 is 2.48 bits per heavy atom. The second-order valence-corrected chi connectivity index (χ2v) is 10.5. The minimum absolute atomic E-state index is 0.0762. The third-order valence-electron chi connectivity index (χ3n) is 5.64. The molecule has 0 aliphatic heterocycles. The predicted octanol–water partition coefficient (Wildman–Crippen LogP) is 2.94. The molecule has 13 heteroatoms. The summed E-state index contributed by atoms with van der Waals surface area (Å²) in [6.07, 6.45) is 3.42. The van der Waals surface area contributed by atoms with Crippen molar-refractivity contribution in [1.82, 2.24) is 24.7 Å². The molecule has 2 unspecified atom stereocenters. The van der Waals surface area contributed by atoms with Gasteiger partial charge in [0.1, 0.15) is 17.1 Å². The number of aromatic nitrogens is 5. The van der Waals surface area contributed by atoms with Crippen LogP contribution >= 0.6 is 11.6 Å². The van der Waals surface area contributed by atoms with E-state index in [0.29, 0.717) is 29.0 Å². The second kappa shape index (κ2) is 9.01. The average molecular weight is 497 g/mol. The molecule has 3 heterocycles. The third kappa shape index (κ3) is 4.60. The smallest absolute Gasteiger partial charge is 0.240 e. The Labute approximate surface area is 196 Å². The van der Waals surface area contributed by atoms with Crippen molar-refractivity contribution < 1.29 is 22.3 Å². The van der Waals surface area contributed by atoms with Crippen molar-refractivity contribution in [3.63, 3.8) is 0 Å². The van der Waals surface area contributed by atoms with E-state index in [9.17, 15) is 8.42 Å². The Hall–Kier alpha value is -2.54. The Morgan fingerprint density at radius 1 is 1.24 bits per heavy atom. The molecule has 178 valence electrons. The van der Waals surface area contributed by atoms with Gasteiger partial charge in [0.15, 0.2) is 11.6 Å². The molecule has 0 spiro atoms. The number of furan rings is 1. The molecule has 1 aliphatic carbocycles. The maximum atomic E-state index is 13.3. The summed E-state index contributed by atoms with van der Waals surface area (Å²) in [6.45, 7) is 3.70. The van der Waals surface area contributed by atoms with E-state index in [4.69, 9.17) is 25.5 Å². The lowest BCUT2D eigenvalue weighted by Gasteiger charge is -2.24.